The molecule has 1 atom stereocenters. The molecule has 0 aliphatic carbocycles. The maximum absolute atomic E-state index is 14.2. The van der Waals surface area contributed by atoms with Crippen molar-refractivity contribution in [3.05, 3.63) is 139 Å². The molecule has 1 unspecified atom stereocenters. The smallest absolute Gasteiger partial charge is 0.273 e. The minimum atomic E-state index is -0.776. The number of carbonyl (C=O) groups excluding carboxylic acids is 5. The average molecular weight is 1010 g/mol. The van der Waals surface area contributed by atoms with Crippen molar-refractivity contribution >= 4 is 56.9 Å². The van der Waals surface area contributed by atoms with Crippen molar-refractivity contribution in [1.82, 2.24) is 40.4 Å². The molecule has 3 aromatic carbocycles. The lowest BCUT2D eigenvalue weighted by molar-refractivity contribution is -0.136. The van der Waals surface area contributed by atoms with Gasteiger partial charge in [0.1, 0.15) is 34.5 Å². The van der Waals surface area contributed by atoms with Crippen LogP contribution in [0.5, 0.6) is 5.75 Å². The summed E-state index contributed by atoms with van der Waals surface area (Å²) in [5.74, 6) is -2.72. The fourth-order valence-electron chi connectivity index (χ4n) is 8.34. The summed E-state index contributed by atoms with van der Waals surface area (Å²) in [5, 5.41) is 20.0. The lowest BCUT2D eigenvalue weighted by Gasteiger charge is -2.30. The molecule has 4 heterocycles. The number of imide groups is 1. The molecular weight excluding hydrogens is 957 g/mol. The minimum Gasteiger partial charge on any atom is -0.487 e. The van der Waals surface area contributed by atoms with Crippen LogP contribution in [0.3, 0.4) is 0 Å². The maximum atomic E-state index is 14.2. The van der Waals surface area contributed by atoms with E-state index in [0.717, 1.165) is 49.1 Å². The van der Waals surface area contributed by atoms with Gasteiger partial charge in [0.2, 0.25) is 17.7 Å². The van der Waals surface area contributed by atoms with Crippen LogP contribution in [-0.2, 0) is 34.0 Å². The van der Waals surface area contributed by atoms with E-state index in [1.807, 2.05) is 25.3 Å². The summed E-state index contributed by atoms with van der Waals surface area (Å²) < 4.78 is 36.5. The average Bonchev–Trinajstić information content (AvgIpc) is 3.88. The number of ether oxygens (including phenoxy) is 1. The molecule has 2 aliphatic rings. The van der Waals surface area contributed by atoms with Gasteiger partial charge in [0.05, 0.1) is 16.9 Å². The molecule has 0 spiro atoms. The van der Waals surface area contributed by atoms with Gasteiger partial charge in [-0.2, -0.15) is 0 Å². The number of aromatic nitrogens is 4. The van der Waals surface area contributed by atoms with Crippen LogP contribution in [0.4, 0.5) is 14.5 Å². The molecule has 0 bridgehead atoms. The summed E-state index contributed by atoms with van der Waals surface area (Å²) >= 11 is 3.32. The number of anilines is 1. The van der Waals surface area contributed by atoms with Gasteiger partial charge < -0.3 is 20.7 Å². The van der Waals surface area contributed by atoms with E-state index in [1.54, 1.807) is 41.9 Å². The molecule has 4 N–H and O–H groups in total. The van der Waals surface area contributed by atoms with E-state index in [0.29, 0.717) is 91.3 Å². The Morgan fingerprint density at radius 2 is 1.71 bits per heavy atom. The van der Waals surface area contributed by atoms with E-state index in [1.165, 1.54) is 15.5 Å². The molecular formula is C50H54BrF2N9O7. The van der Waals surface area contributed by atoms with E-state index in [2.05, 4.69) is 54.1 Å². The number of unbranched alkanes of at least 4 members (excludes halogenated alkanes) is 3. The number of fused-ring (bicyclic) bond motifs is 1. The number of amides is 5. The molecule has 5 amide bonds. The molecule has 69 heavy (non-hydrogen) atoms. The summed E-state index contributed by atoms with van der Waals surface area (Å²) in [6.07, 6.45) is 7.83. The molecule has 5 aromatic rings. The van der Waals surface area contributed by atoms with Gasteiger partial charge in [0, 0.05) is 91.1 Å². The molecule has 2 aliphatic heterocycles. The van der Waals surface area contributed by atoms with Crippen LogP contribution in [0.25, 0.3) is 11.4 Å². The van der Waals surface area contributed by atoms with Crippen molar-refractivity contribution in [1.29, 1.82) is 0 Å². The Morgan fingerprint density at radius 1 is 0.928 bits per heavy atom. The number of halogens is 3. The Hall–Kier alpha value is -7.02. The van der Waals surface area contributed by atoms with Crippen LogP contribution >= 0.6 is 15.9 Å². The third-order valence-corrected chi connectivity index (χ3v) is 12.8. The Bertz CT molecular complexity index is 2850. The molecule has 0 radical (unpaired) electrons. The number of pyridine rings is 1. The SMILES string of the molecule is C=C1c2cccc(NCCCCCNC(=O)CCCn3cc(CCCCNC(=O)c4ccc(C)c(-n5c(C)cc(OCc6ccc(F)cc6F)c(Br)c5=O)c4)nn3)c2C(=O)N1C1CCC(=O)NC1=O. The van der Waals surface area contributed by atoms with Crippen molar-refractivity contribution in [2.75, 3.05) is 25.0 Å². The Labute approximate surface area is 406 Å². The molecule has 16 nitrogen and oxygen atoms in total. The van der Waals surface area contributed by atoms with Gasteiger partial charge in [-0.1, -0.05) is 30.0 Å². The molecule has 2 aromatic heterocycles. The summed E-state index contributed by atoms with van der Waals surface area (Å²) in [4.78, 5) is 78.2. The topological polar surface area (TPSA) is 199 Å². The lowest BCUT2D eigenvalue weighted by atomic mass is 10.0. The largest absolute Gasteiger partial charge is 0.487 e. The fourth-order valence-corrected chi connectivity index (χ4v) is 8.74. The van der Waals surface area contributed by atoms with Crippen LogP contribution in [0, 0.1) is 25.5 Å². The first-order valence-electron chi connectivity index (χ1n) is 23.0. The first kappa shape index (κ1) is 49.9. The number of nitrogens with zero attached hydrogens (tertiary/aromatic N) is 5. The number of piperidine rings is 1. The second-order valence-electron chi connectivity index (χ2n) is 17.1. The van der Waals surface area contributed by atoms with Crippen molar-refractivity contribution in [3.63, 3.8) is 0 Å². The highest BCUT2D eigenvalue weighted by Gasteiger charge is 2.42. The van der Waals surface area contributed by atoms with E-state index in [-0.39, 0.29) is 58.9 Å². The van der Waals surface area contributed by atoms with E-state index in [4.69, 9.17) is 4.74 Å². The quantitative estimate of drug-likeness (QED) is 0.0421. The van der Waals surface area contributed by atoms with Crippen molar-refractivity contribution in [3.8, 4) is 11.4 Å². The third kappa shape index (κ3) is 12.2. The normalized spacial score (nSPS) is 14.4. The second-order valence-corrected chi connectivity index (χ2v) is 17.9. The van der Waals surface area contributed by atoms with Gasteiger partial charge in [-0.05, 0) is 117 Å². The van der Waals surface area contributed by atoms with Gasteiger partial charge in [-0.3, -0.25) is 48.2 Å². The zero-order chi connectivity index (χ0) is 49.2. The van der Waals surface area contributed by atoms with E-state index in [9.17, 15) is 37.5 Å². The summed E-state index contributed by atoms with van der Waals surface area (Å²) in [6.45, 7) is 9.56. The summed E-state index contributed by atoms with van der Waals surface area (Å²) in [7, 11) is 0. The van der Waals surface area contributed by atoms with Crippen LogP contribution < -0.4 is 31.6 Å². The number of rotatable bonds is 22. The van der Waals surface area contributed by atoms with Gasteiger partial charge in [-0.15, -0.1) is 5.10 Å². The van der Waals surface area contributed by atoms with Crippen molar-refractivity contribution in [2.45, 2.75) is 97.2 Å². The Balaban J connectivity index is 0.760. The number of aryl methyl sites for hydroxylation is 4. The second kappa shape index (κ2) is 22.9. The zero-order valence-electron chi connectivity index (χ0n) is 38.5. The van der Waals surface area contributed by atoms with Gasteiger partial charge in [-0.25, -0.2) is 8.78 Å². The molecule has 362 valence electrons. The highest BCUT2D eigenvalue weighted by atomic mass is 79.9. The van der Waals surface area contributed by atoms with Gasteiger partial charge in [0.15, 0.2) is 0 Å². The number of benzene rings is 3. The minimum absolute atomic E-state index is 0.0339. The molecule has 0 saturated carbocycles. The van der Waals surface area contributed by atoms with Crippen molar-refractivity contribution < 1.29 is 37.5 Å². The lowest BCUT2D eigenvalue weighted by Crippen LogP contribution is -2.52. The first-order valence-corrected chi connectivity index (χ1v) is 23.8. The monoisotopic (exact) mass is 1010 g/mol. The third-order valence-electron chi connectivity index (χ3n) is 12.0. The van der Waals surface area contributed by atoms with E-state index < -0.39 is 29.1 Å². The highest BCUT2D eigenvalue weighted by molar-refractivity contribution is 9.10. The van der Waals surface area contributed by atoms with Crippen LogP contribution in [0.2, 0.25) is 0 Å². The van der Waals surface area contributed by atoms with Gasteiger partial charge >= 0.3 is 0 Å². The number of hydrogen-bond acceptors (Lipinski definition) is 10. The summed E-state index contributed by atoms with van der Waals surface area (Å²) in [6, 6.07) is 14.7. The highest BCUT2D eigenvalue weighted by Crippen LogP contribution is 2.38. The molecule has 7 rings (SSSR count). The Morgan fingerprint density at radius 3 is 2.51 bits per heavy atom. The number of hydrogen-bond donors (Lipinski definition) is 4. The fraction of sp³-hybridized carbons (Fsp3) is 0.360. The van der Waals surface area contributed by atoms with Crippen molar-refractivity contribution in [2.24, 2.45) is 0 Å². The standard InChI is InChI=1S/C50H54BrF2N9O7/c1-30-15-16-33(26-41(30)61-31(2)25-42(46(51)50(61)68)69-29-34-17-18-35(52)27-38(34)53)47(65)56-23-8-5-11-36-28-60(59-58-36)24-10-14-43(63)55-22-7-4-6-21-54-39-13-9-12-37-32(3)62(49(67)45(37)39)40-19-20-44(64)57-48(40)66/h9,12-13,15-18,25-28,40,54H,3-8,10-11,14,19-24,29H2,1-2H3,(H,55,63)(H,56,65)(H,57,64,66). The summed E-state index contributed by atoms with van der Waals surface area (Å²) in [5.41, 5.74) is 4.97. The van der Waals surface area contributed by atoms with Crippen LogP contribution in [-0.4, -0.2) is 79.7 Å². The predicted octanol–water partition coefficient (Wildman–Crippen LogP) is 6.83. The molecule has 19 heteroatoms. The molecule has 1 saturated heterocycles. The van der Waals surface area contributed by atoms with Crippen LogP contribution in [0.1, 0.15) is 107 Å². The Kier molecular flexibility index (Phi) is 16.5. The number of nitrogens with one attached hydrogen (secondary N) is 4. The zero-order valence-corrected chi connectivity index (χ0v) is 40.1. The number of carbonyl (C=O) groups is 5. The van der Waals surface area contributed by atoms with Gasteiger partial charge in [0.25, 0.3) is 17.4 Å². The first-order chi connectivity index (χ1) is 33.2. The predicted molar refractivity (Wildman–Crippen MR) is 258 cm³/mol. The molecule has 1 fully saturated rings. The van der Waals surface area contributed by atoms with Crippen LogP contribution in [0.15, 0.2) is 82.7 Å². The van der Waals surface area contributed by atoms with E-state index >= 15 is 0 Å². The maximum Gasteiger partial charge on any atom is 0.273 e.